The standard InChI is InChI=1S/C12H16FN3O2/c1-3-16(15)11(7-14)8-4-9(12(17)18-2)6-10(13)5-8/h4-7H,3,14-15H2,1-2H3/b11-7-. The van der Waals surface area contributed by atoms with E-state index < -0.39 is 11.8 Å². The van der Waals surface area contributed by atoms with Crippen molar-refractivity contribution in [3.05, 3.63) is 41.3 Å². The Hall–Kier alpha value is -2.08. The number of hydrogen-bond donors (Lipinski definition) is 2. The van der Waals surface area contributed by atoms with Gasteiger partial charge in [0.25, 0.3) is 0 Å². The van der Waals surface area contributed by atoms with Gasteiger partial charge in [0.1, 0.15) is 5.82 Å². The Balaban J connectivity index is 3.24. The maximum Gasteiger partial charge on any atom is 0.337 e. The number of carbonyl (C=O) groups excluding carboxylic acids is 1. The predicted octanol–water partition coefficient (Wildman–Crippen LogP) is 1.07. The number of esters is 1. The van der Waals surface area contributed by atoms with Gasteiger partial charge in [-0.3, -0.25) is 0 Å². The van der Waals surface area contributed by atoms with E-state index in [-0.39, 0.29) is 5.56 Å². The summed E-state index contributed by atoms with van der Waals surface area (Å²) in [5.41, 5.74) is 6.43. The lowest BCUT2D eigenvalue weighted by atomic mass is 10.1. The van der Waals surface area contributed by atoms with E-state index in [1.165, 1.54) is 30.5 Å². The van der Waals surface area contributed by atoms with E-state index in [2.05, 4.69) is 4.74 Å². The van der Waals surface area contributed by atoms with E-state index in [4.69, 9.17) is 11.6 Å². The Kier molecular flexibility index (Phi) is 4.67. The molecule has 0 saturated carbocycles. The van der Waals surface area contributed by atoms with Gasteiger partial charge in [-0.15, -0.1) is 0 Å². The molecule has 0 fully saturated rings. The summed E-state index contributed by atoms with van der Waals surface area (Å²) in [6.07, 6.45) is 1.26. The third-order valence-corrected chi connectivity index (χ3v) is 2.42. The fourth-order valence-electron chi connectivity index (χ4n) is 1.50. The summed E-state index contributed by atoms with van der Waals surface area (Å²) in [4.78, 5) is 11.4. The van der Waals surface area contributed by atoms with Crippen molar-refractivity contribution in [3.8, 4) is 0 Å². The first kappa shape index (κ1) is 14.0. The molecule has 5 nitrogen and oxygen atoms in total. The fourth-order valence-corrected chi connectivity index (χ4v) is 1.50. The number of benzene rings is 1. The minimum atomic E-state index is -0.618. The Labute approximate surface area is 105 Å². The number of ether oxygens (including phenoxy) is 1. The molecule has 0 saturated heterocycles. The molecule has 0 aliphatic heterocycles. The van der Waals surface area contributed by atoms with Gasteiger partial charge in [0.15, 0.2) is 0 Å². The summed E-state index contributed by atoms with van der Waals surface area (Å²) in [7, 11) is 1.23. The minimum absolute atomic E-state index is 0.108. The number of nitrogens with zero attached hydrogens (tertiary/aromatic N) is 1. The van der Waals surface area contributed by atoms with E-state index in [0.29, 0.717) is 17.8 Å². The van der Waals surface area contributed by atoms with Gasteiger partial charge in [0, 0.05) is 18.3 Å². The fraction of sp³-hybridized carbons (Fsp3) is 0.250. The van der Waals surface area contributed by atoms with E-state index in [0.717, 1.165) is 6.07 Å². The van der Waals surface area contributed by atoms with Crippen LogP contribution in [0.15, 0.2) is 24.4 Å². The number of rotatable bonds is 4. The molecule has 0 unspecified atom stereocenters. The SMILES string of the molecule is CCN(N)/C(=C\N)c1cc(F)cc(C(=O)OC)c1. The highest BCUT2D eigenvalue weighted by Gasteiger charge is 2.13. The number of carbonyl (C=O) groups is 1. The smallest absolute Gasteiger partial charge is 0.337 e. The van der Waals surface area contributed by atoms with Crippen LogP contribution in [0.1, 0.15) is 22.8 Å². The average molecular weight is 253 g/mol. The predicted molar refractivity (Wildman–Crippen MR) is 66.5 cm³/mol. The topological polar surface area (TPSA) is 81.6 Å². The number of hydrazine groups is 1. The van der Waals surface area contributed by atoms with Gasteiger partial charge in [-0.2, -0.15) is 0 Å². The van der Waals surface area contributed by atoms with Crippen LogP contribution in [0.2, 0.25) is 0 Å². The molecule has 0 aromatic heterocycles. The first-order chi connectivity index (χ1) is 8.53. The quantitative estimate of drug-likeness (QED) is 0.476. The largest absolute Gasteiger partial charge is 0.465 e. The van der Waals surface area contributed by atoms with Crippen molar-refractivity contribution in [3.63, 3.8) is 0 Å². The van der Waals surface area contributed by atoms with Crippen molar-refractivity contribution < 1.29 is 13.9 Å². The maximum absolute atomic E-state index is 13.5. The molecule has 1 aromatic rings. The Morgan fingerprint density at radius 2 is 2.06 bits per heavy atom. The molecule has 0 aliphatic rings. The van der Waals surface area contributed by atoms with Crippen LogP contribution < -0.4 is 11.6 Å². The van der Waals surface area contributed by atoms with Gasteiger partial charge in [0.2, 0.25) is 0 Å². The molecular formula is C12H16FN3O2. The van der Waals surface area contributed by atoms with E-state index in [1.807, 2.05) is 6.92 Å². The zero-order chi connectivity index (χ0) is 13.7. The minimum Gasteiger partial charge on any atom is -0.465 e. The lowest BCUT2D eigenvalue weighted by molar-refractivity contribution is 0.0600. The van der Waals surface area contributed by atoms with Gasteiger partial charge in [0.05, 0.1) is 18.4 Å². The second kappa shape index (κ2) is 6.02. The highest BCUT2D eigenvalue weighted by molar-refractivity contribution is 5.90. The third-order valence-electron chi connectivity index (χ3n) is 2.42. The Morgan fingerprint density at radius 3 is 2.56 bits per heavy atom. The number of nitrogens with two attached hydrogens (primary N) is 2. The highest BCUT2D eigenvalue weighted by Crippen LogP contribution is 2.19. The van der Waals surface area contributed by atoms with Crippen LogP contribution in [0, 0.1) is 5.82 Å². The zero-order valence-electron chi connectivity index (χ0n) is 10.3. The maximum atomic E-state index is 13.5. The number of methoxy groups -OCH3 is 1. The summed E-state index contributed by atoms with van der Waals surface area (Å²) < 4.78 is 18.0. The Bertz CT molecular complexity index is 474. The molecule has 18 heavy (non-hydrogen) atoms. The van der Waals surface area contributed by atoms with Crippen LogP contribution in [-0.2, 0) is 4.74 Å². The van der Waals surface area contributed by atoms with Crippen molar-refractivity contribution in [1.82, 2.24) is 5.01 Å². The van der Waals surface area contributed by atoms with Crippen LogP contribution in [0.4, 0.5) is 4.39 Å². The van der Waals surface area contributed by atoms with E-state index in [1.54, 1.807) is 0 Å². The summed E-state index contributed by atoms with van der Waals surface area (Å²) in [6.45, 7) is 2.32. The molecule has 4 N–H and O–H groups in total. The van der Waals surface area contributed by atoms with Gasteiger partial charge in [-0.05, 0) is 25.1 Å². The van der Waals surface area contributed by atoms with Crippen molar-refractivity contribution in [2.75, 3.05) is 13.7 Å². The average Bonchev–Trinajstić information content (AvgIpc) is 2.37. The van der Waals surface area contributed by atoms with Gasteiger partial charge >= 0.3 is 5.97 Å². The molecule has 0 amide bonds. The van der Waals surface area contributed by atoms with Crippen LogP contribution in [0.3, 0.4) is 0 Å². The lowest BCUT2D eigenvalue weighted by Crippen LogP contribution is -2.29. The molecule has 0 radical (unpaired) electrons. The second-order valence-corrected chi connectivity index (χ2v) is 3.56. The van der Waals surface area contributed by atoms with Crippen molar-refractivity contribution in [2.45, 2.75) is 6.92 Å². The molecule has 0 heterocycles. The molecule has 0 aliphatic carbocycles. The first-order valence-electron chi connectivity index (χ1n) is 5.36. The monoisotopic (exact) mass is 253 g/mol. The summed E-state index contributed by atoms with van der Waals surface area (Å²) in [5.74, 6) is 4.54. The molecule has 1 aromatic carbocycles. The van der Waals surface area contributed by atoms with Gasteiger partial charge in [-0.1, -0.05) is 0 Å². The van der Waals surface area contributed by atoms with Gasteiger partial charge in [-0.25, -0.2) is 15.0 Å². The summed E-state index contributed by atoms with van der Waals surface area (Å²) in [6, 6.07) is 3.82. The highest BCUT2D eigenvalue weighted by atomic mass is 19.1. The molecular weight excluding hydrogens is 237 g/mol. The Morgan fingerprint density at radius 1 is 1.44 bits per heavy atom. The molecule has 98 valence electrons. The zero-order valence-corrected chi connectivity index (χ0v) is 10.3. The van der Waals surface area contributed by atoms with Crippen LogP contribution in [0.25, 0.3) is 5.70 Å². The third kappa shape index (κ3) is 2.98. The van der Waals surface area contributed by atoms with Crippen molar-refractivity contribution in [2.24, 2.45) is 11.6 Å². The number of hydrogen-bond acceptors (Lipinski definition) is 5. The van der Waals surface area contributed by atoms with E-state index >= 15 is 0 Å². The van der Waals surface area contributed by atoms with Gasteiger partial charge < -0.3 is 15.5 Å². The summed E-state index contributed by atoms with van der Waals surface area (Å²) in [5, 5.41) is 1.36. The van der Waals surface area contributed by atoms with Crippen LogP contribution >= 0.6 is 0 Å². The summed E-state index contributed by atoms with van der Waals surface area (Å²) >= 11 is 0. The molecule has 0 spiro atoms. The molecule has 0 bridgehead atoms. The van der Waals surface area contributed by atoms with Crippen LogP contribution in [0.5, 0.6) is 0 Å². The number of halogens is 1. The molecule has 6 heteroatoms. The second-order valence-electron chi connectivity index (χ2n) is 3.56. The lowest BCUT2D eigenvalue weighted by Gasteiger charge is -2.20. The van der Waals surface area contributed by atoms with Crippen LogP contribution in [-0.4, -0.2) is 24.6 Å². The first-order valence-corrected chi connectivity index (χ1v) is 5.36. The molecule has 1 rings (SSSR count). The molecule has 0 atom stereocenters. The normalized spacial score (nSPS) is 11.2. The van der Waals surface area contributed by atoms with Crippen molar-refractivity contribution in [1.29, 1.82) is 0 Å². The van der Waals surface area contributed by atoms with E-state index in [9.17, 15) is 9.18 Å². The van der Waals surface area contributed by atoms with Crippen molar-refractivity contribution >= 4 is 11.7 Å².